The van der Waals surface area contributed by atoms with Gasteiger partial charge in [0, 0.05) is 28.5 Å². The van der Waals surface area contributed by atoms with Crippen molar-refractivity contribution in [3.8, 4) is 11.8 Å². The van der Waals surface area contributed by atoms with Crippen LogP contribution in [-0.4, -0.2) is 33.8 Å². The number of thiazole rings is 1. The largest absolute Gasteiger partial charge is 0.379 e. The van der Waals surface area contributed by atoms with Gasteiger partial charge in [-0.25, -0.2) is 15.0 Å². The maximum Gasteiger partial charge on any atom is 0.151 e. The molecule has 0 radical (unpaired) electrons. The van der Waals surface area contributed by atoms with Gasteiger partial charge in [0.1, 0.15) is 6.33 Å². The van der Waals surface area contributed by atoms with Crippen LogP contribution in [0.1, 0.15) is 29.0 Å². The van der Waals surface area contributed by atoms with Gasteiger partial charge in [0.2, 0.25) is 0 Å². The minimum absolute atomic E-state index is 0.283. The second kappa shape index (κ2) is 9.44. The number of nitrogens with one attached hydrogen (secondary N) is 4. The van der Waals surface area contributed by atoms with Crippen molar-refractivity contribution in [3.05, 3.63) is 57.6 Å². The zero-order chi connectivity index (χ0) is 21.8. The van der Waals surface area contributed by atoms with Crippen LogP contribution in [0.5, 0.6) is 0 Å². The highest BCUT2D eigenvalue weighted by atomic mass is 32.1. The Morgan fingerprint density at radius 1 is 1.25 bits per heavy atom. The monoisotopic (exact) mass is 459 g/mol. The van der Waals surface area contributed by atoms with Crippen molar-refractivity contribution in [1.29, 1.82) is 5.41 Å². The lowest BCUT2D eigenvalue weighted by Crippen LogP contribution is -2.18. The van der Waals surface area contributed by atoms with Gasteiger partial charge < -0.3 is 21.4 Å². The molecule has 32 heavy (non-hydrogen) atoms. The number of hydrogen-bond donors (Lipinski definition) is 4. The SMILES string of the molecule is N=Cc1cc(Nc2ncnc3cc(C#C[C@H]4CCCN4)sc23)ccc1NCc1cscn1. The number of aromatic nitrogens is 3. The fourth-order valence-electron chi connectivity index (χ4n) is 3.54. The van der Waals surface area contributed by atoms with Crippen molar-refractivity contribution < 1.29 is 0 Å². The van der Waals surface area contributed by atoms with E-state index >= 15 is 0 Å². The molecule has 3 aromatic heterocycles. The molecule has 9 heteroatoms. The first-order chi connectivity index (χ1) is 15.8. The summed E-state index contributed by atoms with van der Waals surface area (Å²) in [6.45, 7) is 1.67. The van der Waals surface area contributed by atoms with Crippen molar-refractivity contribution in [1.82, 2.24) is 20.3 Å². The molecule has 4 heterocycles. The van der Waals surface area contributed by atoms with Gasteiger partial charge in [-0.3, -0.25) is 0 Å². The van der Waals surface area contributed by atoms with Crippen molar-refractivity contribution in [2.24, 2.45) is 0 Å². The molecular formula is C23H21N7S2. The lowest BCUT2D eigenvalue weighted by atomic mass is 10.1. The minimum atomic E-state index is 0.283. The molecule has 1 atom stereocenters. The first-order valence-corrected chi connectivity index (χ1v) is 12.1. The molecule has 0 spiro atoms. The van der Waals surface area contributed by atoms with E-state index in [2.05, 4.69) is 42.7 Å². The number of rotatable bonds is 6. The third kappa shape index (κ3) is 4.62. The normalized spacial score (nSPS) is 15.3. The Morgan fingerprint density at radius 2 is 2.22 bits per heavy atom. The average molecular weight is 460 g/mol. The molecule has 1 aliphatic heterocycles. The molecule has 0 saturated carbocycles. The molecule has 0 amide bonds. The molecule has 1 aliphatic rings. The lowest BCUT2D eigenvalue weighted by molar-refractivity contribution is 0.749. The summed E-state index contributed by atoms with van der Waals surface area (Å²) < 4.78 is 0.971. The van der Waals surface area contributed by atoms with E-state index in [-0.39, 0.29) is 6.04 Å². The van der Waals surface area contributed by atoms with E-state index in [9.17, 15) is 0 Å². The maximum absolute atomic E-state index is 7.82. The van der Waals surface area contributed by atoms with Crippen molar-refractivity contribution in [3.63, 3.8) is 0 Å². The van der Waals surface area contributed by atoms with E-state index in [1.807, 2.05) is 35.2 Å². The van der Waals surface area contributed by atoms with Gasteiger partial charge in [0.25, 0.3) is 0 Å². The van der Waals surface area contributed by atoms with Crippen LogP contribution in [0.2, 0.25) is 0 Å². The Labute approximate surface area is 193 Å². The first kappa shape index (κ1) is 20.6. The molecule has 1 aromatic carbocycles. The Balaban J connectivity index is 1.35. The van der Waals surface area contributed by atoms with Crippen LogP contribution in [-0.2, 0) is 6.54 Å². The van der Waals surface area contributed by atoms with Gasteiger partial charge in [-0.2, -0.15) is 0 Å². The topological polar surface area (TPSA) is 98.6 Å². The summed E-state index contributed by atoms with van der Waals surface area (Å²) in [4.78, 5) is 14.1. The second-order valence-corrected chi connectivity index (χ2v) is 9.14. The number of hydrogen-bond acceptors (Lipinski definition) is 9. The van der Waals surface area contributed by atoms with E-state index < -0.39 is 0 Å². The molecule has 1 saturated heterocycles. The van der Waals surface area contributed by atoms with E-state index in [1.54, 1.807) is 29.0 Å². The molecule has 0 aliphatic carbocycles. The molecule has 1 fully saturated rings. The van der Waals surface area contributed by atoms with Gasteiger partial charge in [-0.1, -0.05) is 11.8 Å². The van der Waals surface area contributed by atoms with E-state index in [4.69, 9.17) is 5.41 Å². The van der Waals surface area contributed by atoms with Gasteiger partial charge in [0.15, 0.2) is 5.82 Å². The average Bonchev–Trinajstić information content (AvgIpc) is 3.59. The maximum atomic E-state index is 7.82. The van der Waals surface area contributed by atoms with Crippen molar-refractivity contribution >= 4 is 56.3 Å². The van der Waals surface area contributed by atoms with Crippen LogP contribution >= 0.6 is 22.7 Å². The van der Waals surface area contributed by atoms with E-state index in [0.29, 0.717) is 6.54 Å². The fourth-order valence-corrected chi connectivity index (χ4v) is 5.01. The third-order valence-electron chi connectivity index (χ3n) is 5.15. The molecular weight excluding hydrogens is 438 g/mol. The zero-order valence-corrected chi connectivity index (χ0v) is 18.8. The number of nitrogens with zero attached hydrogens (tertiary/aromatic N) is 3. The van der Waals surface area contributed by atoms with Gasteiger partial charge in [-0.05, 0) is 43.7 Å². The summed E-state index contributed by atoms with van der Waals surface area (Å²) in [5, 5.41) is 20.0. The third-order valence-corrected chi connectivity index (χ3v) is 6.84. The number of fused-ring (bicyclic) bond motifs is 1. The number of thiophene rings is 1. The Morgan fingerprint density at radius 3 is 3.03 bits per heavy atom. The molecule has 160 valence electrons. The summed E-state index contributed by atoms with van der Waals surface area (Å²) in [5.74, 6) is 7.34. The Kier molecular flexibility index (Phi) is 6.07. The van der Waals surface area contributed by atoms with Crippen LogP contribution in [0.3, 0.4) is 0 Å². The predicted molar refractivity (Wildman–Crippen MR) is 132 cm³/mol. The van der Waals surface area contributed by atoms with Crippen molar-refractivity contribution in [2.75, 3.05) is 17.2 Å². The molecule has 4 N–H and O–H groups in total. The Bertz CT molecular complexity index is 1300. The first-order valence-electron chi connectivity index (χ1n) is 10.3. The van der Waals surface area contributed by atoms with Crippen molar-refractivity contribution in [2.45, 2.75) is 25.4 Å². The Hall–Kier alpha value is -3.32. The molecule has 5 rings (SSSR count). The van der Waals surface area contributed by atoms with Gasteiger partial charge in [-0.15, -0.1) is 22.7 Å². The van der Waals surface area contributed by atoms with Crippen LogP contribution in [0.15, 0.2) is 41.5 Å². The smallest absolute Gasteiger partial charge is 0.151 e. The molecule has 0 bridgehead atoms. The minimum Gasteiger partial charge on any atom is -0.379 e. The lowest BCUT2D eigenvalue weighted by Gasteiger charge is -2.12. The summed E-state index contributed by atoms with van der Waals surface area (Å²) in [6, 6.07) is 8.18. The van der Waals surface area contributed by atoms with Crippen LogP contribution in [0.4, 0.5) is 17.2 Å². The quantitative estimate of drug-likeness (QED) is 0.248. The predicted octanol–water partition coefficient (Wildman–Crippen LogP) is 4.60. The zero-order valence-electron chi connectivity index (χ0n) is 17.2. The van der Waals surface area contributed by atoms with Crippen LogP contribution in [0.25, 0.3) is 10.2 Å². The van der Waals surface area contributed by atoms with Gasteiger partial charge in [0.05, 0.1) is 38.9 Å². The fraction of sp³-hybridized carbons (Fsp3) is 0.217. The highest BCUT2D eigenvalue weighted by Gasteiger charge is 2.12. The number of benzene rings is 1. The van der Waals surface area contributed by atoms with Gasteiger partial charge >= 0.3 is 0 Å². The highest BCUT2D eigenvalue weighted by molar-refractivity contribution is 7.20. The standard InChI is InChI=1S/C23H21N7S2/c24-10-15-8-17(4-6-20(15)26-11-18-12-31-14-29-18)30-23-22-21(27-13-28-23)9-19(32-22)5-3-16-2-1-7-25-16/h4,6,8-10,12-14,16,24-26H,1-2,7,11H2,(H,27,28,30)/t16-/m1/s1. The summed E-state index contributed by atoms with van der Waals surface area (Å²) in [7, 11) is 0. The summed E-state index contributed by atoms with van der Waals surface area (Å²) >= 11 is 3.17. The van der Waals surface area contributed by atoms with Crippen LogP contribution in [0, 0.1) is 17.3 Å². The van der Waals surface area contributed by atoms with E-state index in [0.717, 1.165) is 56.5 Å². The number of anilines is 3. The molecule has 0 unspecified atom stereocenters. The highest BCUT2D eigenvalue weighted by Crippen LogP contribution is 2.31. The summed E-state index contributed by atoms with van der Waals surface area (Å²) in [6.07, 6.45) is 5.20. The van der Waals surface area contributed by atoms with E-state index in [1.165, 1.54) is 12.6 Å². The van der Waals surface area contributed by atoms with Crippen LogP contribution < -0.4 is 16.0 Å². The molecule has 4 aromatic rings. The summed E-state index contributed by atoms with van der Waals surface area (Å²) in [5.41, 5.74) is 6.22. The second-order valence-electron chi connectivity index (χ2n) is 7.37. The molecule has 7 nitrogen and oxygen atoms in total.